The Labute approximate surface area is 151 Å². The van der Waals surface area contributed by atoms with Gasteiger partial charge in [0.2, 0.25) is 0 Å². The van der Waals surface area contributed by atoms with Crippen LogP contribution >= 0.6 is 0 Å². The number of ether oxygens (including phenoxy) is 1. The van der Waals surface area contributed by atoms with E-state index in [4.69, 9.17) is 4.74 Å². The first kappa shape index (κ1) is 23.2. The molecule has 24 heavy (non-hydrogen) atoms. The number of hydrogen-bond acceptors (Lipinski definition) is 2. The molecule has 0 aliphatic carbocycles. The summed E-state index contributed by atoms with van der Waals surface area (Å²) in [5.41, 5.74) is 0. The molecule has 0 spiro atoms. The largest absolute Gasteiger partial charge is 0.459 e. The Balaban J connectivity index is 4.32. The van der Waals surface area contributed by atoms with Gasteiger partial charge in [-0.2, -0.15) is 0 Å². The van der Waals surface area contributed by atoms with Gasteiger partial charge in [0.15, 0.2) is 0 Å². The van der Waals surface area contributed by atoms with Crippen LogP contribution in [0.5, 0.6) is 0 Å². The zero-order valence-corrected chi connectivity index (χ0v) is 16.7. The van der Waals surface area contributed by atoms with E-state index in [2.05, 4.69) is 27.4 Å². The van der Waals surface area contributed by atoms with Crippen molar-refractivity contribution < 1.29 is 9.53 Å². The topological polar surface area (TPSA) is 26.3 Å². The fraction of sp³-hybridized carbons (Fsp3) is 0.864. The number of carbonyl (C=O) groups excluding carboxylic acids is 1. The van der Waals surface area contributed by atoms with E-state index in [1.807, 2.05) is 0 Å². The second kappa shape index (κ2) is 17.0. The molecule has 0 aromatic rings. The third-order valence-electron chi connectivity index (χ3n) is 4.84. The van der Waals surface area contributed by atoms with Crippen LogP contribution in [0, 0.1) is 5.92 Å². The van der Waals surface area contributed by atoms with Gasteiger partial charge in [0.05, 0.1) is 0 Å². The van der Waals surface area contributed by atoms with Gasteiger partial charge in [-0.3, -0.25) is 0 Å². The van der Waals surface area contributed by atoms with Gasteiger partial charge < -0.3 is 4.74 Å². The maximum absolute atomic E-state index is 11.7. The van der Waals surface area contributed by atoms with Crippen molar-refractivity contribution >= 4 is 5.97 Å². The molecule has 0 N–H and O–H groups in total. The highest BCUT2D eigenvalue weighted by atomic mass is 16.5. The Morgan fingerprint density at radius 3 is 2.04 bits per heavy atom. The van der Waals surface area contributed by atoms with E-state index >= 15 is 0 Å². The van der Waals surface area contributed by atoms with Crippen molar-refractivity contribution in [1.82, 2.24) is 0 Å². The first-order chi connectivity index (χ1) is 11.7. The Hall–Kier alpha value is -0.790. The number of carbonyl (C=O) groups is 1. The van der Waals surface area contributed by atoms with E-state index < -0.39 is 0 Å². The quantitative estimate of drug-likeness (QED) is 0.159. The minimum Gasteiger partial charge on any atom is -0.459 e. The molecule has 0 aliphatic heterocycles. The first-order valence-electron chi connectivity index (χ1n) is 10.5. The summed E-state index contributed by atoms with van der Waals surface area (Å²) in [6, 6.07) is 0. The van der Waals surface area contributed by atoms with Gasteiger partial charge in [-0.25, -0.2) is 4.79 Å². The fourth-order valence-electron chi connectivity index (χ4n) is 3.43. The molecule has 0 rings (SSSR count). The van der Waals surface area contributed by atoms with Gasteiger partial charge in [-0.05, 0) is 25.2 Å². The smallest absolute Gasteiger partial charge is 0.330 e. The van der Waals surface area contributed by atoms with Crippen LogP contribution in [0.25, 0.3) is 0 Å². The average Bonchev–Trinajstić information content (AvgIpc) is 2.58. The van der Waals surface area contributed by atoms with Crippen molar-refractivity contribution in [2.24, 2.45) is 5.92 Å². The lowest BCUT2D eigenvalue weighted by Crippen LogP contribution is -2.21. The Morgan fingerprint density at radius 1 is 0.833 bits per heavy atom. The molecule has 2 nitrogen and oxygen atoms in total. The van der Waals surface area contributed by atoms with Gasteiger partial charge in [0, 0.05) is 6.08 Å². The fourth-order valence-corrected chi connectivity index (χ4v) is 3.43. The van der Waals surface area contributed by atoms with Crippen molar-refractivity contribution in [3.63, 3.8) is 0 Å². The summed E-state index contributed by atoms with van der Waals surface area (Å²) in [4.78, 5) is 11.7. The molecule has 0 aromatic carbocycles. The summed E-state index contributed by atoms with van der Waals surface area (Å²) < 4.78 is 5.65. The van der Waals surface area contributed by atoms with Crippen LogP contribution in [0.15, 0.2) is 12.7 Å². The zero-order chi connectivity index (χ0) is 18.0. The van der Waals surface area contributed by atoms with Crippen LogP contribution in [0.3, 0.4) is 0 Å². The standard InChI is InChI=1S/C22H42O2/c1-5-9-11-12-13-15-18-21(24-22(23)8-4)19-20(16-7-3)17-14-10-6-2/h8,20-21H,4-7,9-19H2,1-3H3. The molecule has 2 atom stereocenters. The molecular formula is C22H42O2. The van der Waals surface area contributed by atoms with Crippen molar-refractivity contribution in [2.75, 3.05) is 0 Å². The van der Waals surface area contributed by atoms with E-state index in [9.17, 15) is 4.79 Å². The maximum Gasteiger partial charge on any atom is 0.330 e. The Kier molecular flexibility index (Phi) is 16.5. The molecule has 0 heterocycles. The summed E-state index contributed by atoms with van der Waals surface area (Å²) in [5.74, 6) is 0.444. The molecule has 142 valence electrons. The van der Waals surface area contributed by atoms with Gasteiger partial charge >= 0.3 is 5.97 Å². The normalized spacial score (nSPS) is 13.5. The summed E-state index contributed by atoms with van der Waals surface area (Å²) >= 11 is 0. The van der Waals surface area contributed by atoms with Crippen molar-refractivity contribution in [3.8, 4) is 0 Å². The minimum absolute atomic E-state index is 0.0832. The first-order valence-corrected chi connectivity index (χ1v) is 10.5. The minimum atomic E-state index is -0.255. The lowest BCUT2D eigenvalue weighted by atomic mass is 9.89. The molecule has 2 unspecified atom stereocenters. The maximum atomic E-state index is 11.7. The summed E-state index contributed by atoms with van der Waals surface area (Å²) in [7, 11) is 0. The molecule has 0 fully saturated rings. The second-order valence-corrected chi connectivity index (χ2v) is 7.21. The van der Waals surface area contributed by atoms with Crippen molar-refractivity contribution in [1.29, 1.82) is 0 Å². The highest BCUT2D eigenvalue weighted by Gasteiger charge is 2.18. The monoisotopic (exact) mass is 338 g/mol. The van der Waals surface area contributed by atoms with E-state index in [-0.39, 0.29) is 12.1 Å². The molecule has 0 aromatic heterocycles. The molecule has 0 aliphatic rings. The van der Waals surface area contributed by atoms with Crippen molar-refractivity contribution in [2.45, 2.75) is 117 Å². The Bertz CT molecular complexity index is 298. The van der Waals surface area contributed by atoms with Gasteiger partial charge in [0.25, 0.3) is 0 Å². The van der Waals surface area contributed by atoms with E-state index in [0.29, 0.717) is 5.92 Å². The summed E-state index contributed by atoms with van der Waals surface area (Å²) in [5, 5.41) is 0. The van der Waals surface area contributed by atoms with Crippen LogP contribution in [0.4, 0.5) is 0 Å². The number of hydrogen-bond donors (Lipinski definition) is 0. The SMILES string of the molecule is C=CC(=O)OC(CCCCCCCC)CC(CCC)CCCCC. The van der Waals surface area contributed by atoms with Crippen LogP contribution in [0.2, 0.25) is 0 Å². The average molecular weight is 339 g/mol. The van der Waals surface area contributed by atoms with E-state index in [1.165, 1.54) is 83.1 Å². The second-order valence-electron chi connectivity index (χ2n) is 7.21. The lowest BCUT2D eigenvalue weighted by molar-refractivity contribution is -0.144. The zero-order valence-electron chi connectivity index (χ0n) is 16.7. The van der Waals surface area contributed by atoms with Crippen LogP contribution in [-0.2, 0) is 9.53 Å². The predicted octanol–water partition coefficient (Wildman–Crippen LogP) is 7.22. The molecule has 0 bridgehead atoms. The molecule has 0 amide bonds. The van der Waals surface area contributed by atoms with Gasteiger partial charge in [-0.1, -0.05) is 98.0 Å². The molecule has 0 radical (unpaired) electrons. The van der Waals surface area contributed by atoms with Crippen molar-refractivity contribution in [3.05, 3.63) is 12.7 Å². The number of esters is 1. The Morgan fingerprint density at radius 2 is 1.42 bits per heavy atom. The third kappa shape index (κ3) is 13.6. The molecule has 0 saturated carbocycles. The van der Waals surface area contributed by atoms with Crippen LogP contribution < -0.4 is 0 Å². The molecule has 0 saturated heterocycles. The number of unbranched alkanes of at least 4 members (excludes halogenated alkanes) is 7. The van der Waals surface area contributed by atoms with Crippen LogP contribution in [0.1, 0.15) is 111 Å². The third-order valence-corrected chi connectivity index (χ3v) is 4.84. The van der Waals surface area contributed by atoms with Gasteiger partial charge in [-0.15, -0.1) is 0 Å². The summed E-state index contributed by atoms with van der Waals surface area (Å²) in [6.45, 7) is 10.3. The highest BCUT2D eigenvalue weighted by molar-refractivity contribution is 5.81. The molecule has 2 heteroatoms. The van der Waals surface area contributed by atoms with E-state index in [0.717, 1.165) is 12.8 Å². The van der Waals surface area contributed by atoms with Crippen LogP contribution in [-0.4, -0.2) is 12.1 Å². The van der Waals surface area contributed by atoms with Gasteiger partial charge in [0.1, 0.15) is 6.10 Å². The van der Waals surface area contributed by atoms with E-state index in [1.54, 1.807) is 0 Å². The summed E-state index contributed by atoms with van der Waals surface area (Å²) in [6.07, 6.45) is 18.8. The molecular weight excluding hydrogens is 296 g/mol. The predicted molar refractivity (Wildman–Crippen MR) is 105 cm³/mol. The highest BCUT2D eigenvalue weighted by Crippen LogP contribution is 2.25. The lowest BCUT2D eigenvalue weighted by Gasteiger charge is -2.23. The number of rotatable bonds is 17.